The second-order valence-electron chi connectivity index (χ2n) is 3.19. The van der Waals surface area contributed by atoms with Gasteiger partial charge in [-0.05, 0) is 29.8 Å². The molecule has 1 aromatic rings. The number of aromatic nitrogens is 1. The molecule has 88 valence electrons. The fourth-order valence-electron chi connectivity index (χ4n) is 0.981. The van der Waals surface area contributed by atoms with Crippen LogP contribution in [0.5, 0.6) is 5.75 Å². The molecule has 0 unspecified atom stereocenters. The fourth-order valence-corrected chi connectivity index (χ4v) is 1.35. The minimum atomic E-state index is -1.38. The number of anilines is 1. The average Bonchev–Trinajstić information content (AvgIpc) is 2.16. The molecule has 1 heterocycles. The molecule has 2 N–H and O–H groups in total. The Balaban J connectivity index is 3.10. The van der Waals surface area contributed by atoms with Crippen LogP contribution in [-0.4, -0.2) is 22.3 Å². The van der Waals surface area contributed by atoms with Crippen molar-refractivity contribution in [3.05, 3.63) is 16.5 Å². The van der Waals surface area contributed by atoms with Crippen LogP contribution in [0.2, 0.25) is 0 Å². The fraction of sp³-hybridized carbons (Fsp3) is 0.333. The van der Waals surface area contributed by atoms with Gasteiger partial charge >= 0.3 is 6.09 Å². The minimum absolute atomic E-state index is 0.0613. The zero-order valence-electron chi connectivity index (χ0n) is 8.62. The van der Waals surface area contributed by atoms with Gasteiger partial charge < -0.3 is 9.84 Å². The molecule has 0 radical (unpaired) electrons. The molecule has 1 amide bonds. The van der Waals surface area contributed by atoms with E-state index < -0.39 is 11.9 Å². The Morgan fingerprint density at radius 3 is 2.81 bits per heavy atom. The van der Waals surface area contributed by atoms with Gasteiger partial charge in [-0.3, -0.25) is 5.32 Å². The number of rotatable bonds is 3. The van der Waals surface area contributed by atoms with E-state index in [0.717, 1.165) is 0 Å². The summed E-state index contributed by atoms with van der Waals surface area (Å²) in [6.45, 7) is 3.47. The number of hydrogen-bond acceptors (Lipinski definition) is 3. The molecule has 0 aliphatic heterocycles. The Hall–Kier alpha value is -1.37. The molecule has 0 atom stereocenters. The van der Waals surface area contributed by atoms with Crippen LogP contribution in [0, 0.1) is 5.82 Å². The third-order valence-electron chi connectivity index (χ3n) is 1.51. The lowest BCUT2D eigenvalue weighted by Gasteiger charge is -2.13. The Morgan fingerprint density at radius 2 is 2.31 bits per heavy atom. The normalized spacial score (nSPS) is 10.3. The molecule has 0 saturated heterocycles. The summed E-state index contributed by atoms with van der Waals surface area (Å²) in [5.74, 6) is -1.29. The van der Waals surface area contributed by atoms with Gasteiger partial charge in [0.15, 0.2) is 11.6 Å². The highest BCUT2D eigenvalue weighted by atomic mass is 79.9. The summed E-state index contributed by atoms with van der Waals surface area (Å²) in [6.07, 6.45) is -0.346. The first-order valence-corrected chi connectivity index (χ1v) is 5.21. The number of carbonyl (C=O) groups is 1. The molecule has 0 aromatic carbocycles. The van der Waals surface area contributed by atoms with Crippen LogP contribution < -0.4 is 10.1 Å². The van der Waals surface area contributed by atoms with Gasteiger partial charge in [0.25, 0.3) is 0 Å². The van der Waals surface area contributed by atoms with E-state index in [-0.39, 0.29) is 17.7 Å². The molecule has 16 heavy (non-hydrogen) atoms. The molecular weight excluding hydrogens is 283 g/mol. The van der Waals surface area contributed by atoms with Crippen LogP contribution in [0.3, 0.4) is 0 Å². The molecule has 0 bridgehead atoms. The Morgan fingerprint density at radius 1 is 1.69 bits per heavy atom. The van der Waals surface area contributed by atoms with E-state index in [2.05, 4.69) is 20.9 Å². The molecule has 0 aliphatic carbocycles. The van der Waals surface area contributed by atoms with Crippen molar-refractivity contribution in [1.29, 1.82) is 0 Å². The lowest BCUT2D eigenvalue weighted by molar-refractivity contribution is 0.209. The van der Waals surface area contributed by atoms with E-state index in [0.29, 0.717) is 4.47 Å². The number of pyridine rings is 1. The van der Waals surface area contributed by atoms with E-state index in [4.69, 9.17) is 9.84 Å². The van der Waals surface area contributed by atoms with Crippen LogP contribution in [0.15, 0.2) is 10.7 Å². The van der Waals surface area contributed by atoms with Crippen molar-refractivity contribution >= 4 is 27.8 Å². The highest BCUT2D eigenvalue weighted by Gasteiger charge is 2.17. The third-order valence-corrected chi connectivity index (χ3v) is 2.07. The molecule has 1 rings (SSSR count). The van der Waals surface area contributed by atoms with Gasteiger partial charge in [0.05, 0.1) is 10.6 Å². The molecule has 0 aliphatic rings. The van der Waals surface area contributed by atoms with Crippen LogP contribution in [0.25, 0.3) is 0 Å². The molecular formula is C9H10BrFN2O3. The van der Waals surface area contributed by atoms with Gasteiger partial charge in [0.2, 0.25) is 5.82 Å². The van der Waals surface area contributed by atoms with Gasteiger partial charge in [-0.1, -0.05) is 0 Å². The largest absolute Gasteiger partial charge is 0.487 e. The van der Waals surface area contributed by atoms with Crippen molar-refractivity contribution in [3.63, 3.8) is 0 Å². The van der Waals surface area contributed by atoms with Gasteiger partial charge in [0, 0.05) is 6.20 Å². The second kappa shape index (κ2) is 5.11. The van der Waals surface area contributed by atoms with Gasteiger partial charge in [-0.15, -0.1) is 0 Å². The topological polar surface area (TPSA) is 71.5 Å². The Labute approximate surface area is 99.8 Å². The van der Waals surface area contributed by atoms with E-state index in [1.165, 1.54) is 6.20 Å². The molecule has 0 saturated carbocycles. The number of nitrogens with zero attached hydrogens (tertiary/aromatic N) is 1. The Bertz CT molecular complexity index is 412. The van der Waals surface area contributed by atoms with Gasteiger partial charge in [-0.25, -0.2) is 9.78 Å². The predicted molar refractivity (Wildman–Crippen MR) is 59.3 cm³/mol. The smallest absolute Gasteiger partial charge is 0.410 e. The first-order chi connectivity index (χ1) is 7.41. The van der Waals surface area contributed by atoms with Crippen molar-refractivity contribution in [1.82, 2.24) is 4.98 Å². The maximum Gasteiger partial charge on any atom is 0.410 e. The first kappa shape index (κ1) is 12.7. The zero-order chi connectivity index (χ0) is 12.3. The number of carboxylic acid groups (broad SMARTS) is 1. The standard InChI is InChI=1S/C9H10BrFN2O3/c1-4(2)16-7-5(10)3-12-8(6(7)11)13-9(14)15/h3-4H,1-2H3,(H,12,13)(H,14,15). The summed E-state index contributed by atoms with van der Waals surface area (Å²) in [4.78, 5) is 14.0. The summed E-state index contributed by atoms with van der Waals surface area (Å²) < 4.78 is 19.2. The molecule has 0 spiro atoms. The molecule has 0 fully saturated rings. The van der Waals surface area contributed by atoms with Crippen LogP contribution in [-0.2, 0) is 0 Å². The second-order valence-corrected chi connectivity index (χ2v) is 4.05. The number of ether oxygens (including phenoxy) is 1. The van der Waals surface area contributed by atoms with E-state index in [9.17, 15) is 9.18 Å². The summed E-state index contributed by atoms with van der Waals surface area (Å²) >= 11 is 3.07. The number of halogens is 2. The van der Waals surface area contributed by atoms with Crippen molar-refractivity contribution in [2.45, 2.75) is 20.0 Å². The molecule has 1 aromatic heterocycles. The number of nitrogens with one attached hydrogen (secondary N) is 1. The van der Waals surface area contributed by atoms with Crippen molar-refractivity contribution < 1.29 is 19.0 Å². The van der Waals surface area contributed by atoms with Crippen molar-refractivity contribution in [3.8, 4) is 5.75 Å². The quantitative estimate of drug-likeness (QED) is 0.899. The number of hydrogen-bond donors (Lipinski definition) is 2. The first-order valence-electron chi connectivity index (χ1n) is 4.42. The van der Waals surface area contributed by atoms with E-state index >= 15 is 0 Å². The lowest BCUT2D eigenvalue weighted by atomic mass is 10.4. The van der Waals surface area contributed by atoms with Crippen molar-refractivity contribution in [2.75, 3.05) is 5.32 Å². The van der Waals surface area contributed by atoms with E-state index in [1.54, 1.807) is 13.8 Å². The lowest BCUT2D eigenvalue weighted by Crippen LogP contribution is -2.13. The average molecular weight is 293 g/mol. The van der Waals surface area contributed by atoms with Gasteiger partial charge in [-0.2, -0.15) is 4.39 Å². The number of amides is 1. The van der Waals surface area contributed by atoms with Crippen LogP contribution in [0.1, 0.15) is 13.8 Å². The van der Waals surface area contributed by atoms with Gasteiger partial charge in [0.1, 0.15) is 0 Å². The van der Waals surface area contributed by atoms with Crippen molar-refractivity contribution in [2.24, 2.45) is 0 Å². The summed E-state index contributed by atoms with van der Waals surface area (Å²) in [5.41, 5.74) is 0. The van der Waals surface area contributed by atoms with Crippen LogP contribution >= 0.6 is 15.9 Å². The Kier molecular flexibility index (Phi) is 4.05. The maximum absolute atomic E-state index is 13.7. The van der Waals surface area contributed by atoms with Crippen LogP contribution in [0.4, 0.5) is 15.0 Å². The maximum atomic E-state index is 13.7. The highest BCUT2D eigenvalue weighted by molar-refractivity contribution is 9.10. The molecule has 5 nitrogen and oxygen atoms in total. The monoisotopic (exact) mass is 292 g/mol. The third kappa shape index (κ3) is 3.06. The molecule has 7 heteroatoms. The summed E-state index contributed by atoms with van der Waals surface area (Å²) in [5, 5.41) is 10.3. The SMILES string of the molecule is CC(C)Oc1c(Br)cnc(NC(=O)O)c1F. The summed E-state index contributed by atoms with van der Waals surface area (Å²) in [7, 11) is 0. The minimum Gasteiger partial charge on any atom is -0.487 e. The summed E-state index contributed by atoms with van der Waals surface area (Å²) in [6, 6.07) is 0. The zero-order valence-corrected chi connectivity index (χ0v) is 10.2. The highest BCUT2D eigenvalue weighted by Crippen LogP contribution is 2.31. The van der Waals surface area contributed by atoms with E-state index in [1.807, 2.05) is 5.32 Å². The predicted octanol–water partition coefficient (Wildman–Crippen LogP) is 2.86.